The quantitative estimate of drug-likeness (QED) is 0.456. The second-order valence-electron chi connectivity index (χ2n) is 6.84. The molecule has 4 rings (SSSR count). The Hall–Kier alpha value is -3.52. The number of aryl methyl sites for hydroxylation is 1. The fourth-order valence-corrected chi connectivity index (χ4v) is 4.67. The highest BCUT2D eigenvalue weighted by molar-refractivity contribution is 7.22. The van der Waals surface area contributed by atoms with Crippen LogP contribution in [0, 0.1) is 6.92 Å². The smallest absolute Gasteiger partial charge is 0.163 e. The number of rotatable bonds is 6. The van der Waals surface area contributed by atoms with Crippen LogP contribution in [0.3, 0.4) is 0 Å². The standard InChI is InChI=1S/C23H23N3O4S/c1-12-19-21(24)25-22(14-8-15(27-2)11-16(9-14)28-3)26-23(19)31-20(12)13-6-7-17(29-4)18(10-13)30-5/h6-11H,1-5H3,(H2,24,25,26). The zero-order chi connectivity index (χ0) is 22.1. The van der Waals surface area contributed by atoms with Crippen molar-refractivity contribution in [3.63, 3.8) is 0 Å². The number of thiophene rings is 1. The van der Waals surface area contributed by atoms with Gasteiger partial charge in [-0.2, -0.15) is 0 Å². The zero-order valence-electron chi connectivity index (χ0n) is 18.0. The Bertz CT molecular complexity index is 1250. The molecular formula is C23H23N3O4S. The largest absolute Gasteiger partial charge is 0.497 e. The van der Waals surface area contributed by atoms with Crippen LogP contribution in [0.1, 0.15) is 5.56 Å². The number of anilines is 1. The average Bonchev–Trinajstić information content (AvgIpc) is 3.14. The summed E-state index contributed by atoms with van der Waals surface area (Å²) in [5, 5.41) is 0.855. The van der Waals surface area contributed by atoms with Crippen LogP contribution >= 0.6 is 11.3 Å². The lowest BCUT2D eigenvalue weighted by atomic mass is 10.1. The predicted octanol–water partition coefficient (Wildman–Crippen LogP) is 4.95. The molecule has 160 valence electrons. The molecule has 31 heavy (non-hydrogen) atoms. The predicted molar refractivity (Wildman–Crippen MR) is 124 cm³/mol. The van der Waals surface area contributed by atoms with Gasteiger partial charge >= 0.3 is 0 Å². The molecule has 2 aromatic carbocycles. The number of fused-ring (bicyclic) bond motifs is 1. The van der Waals surface area contributed by atoms with Gasteiger partial charge in [-0.25, -0.2) is 9.97 Å². The summed E-state index contributed by atoms with van der Waals surface area (Å²) in [4.78, 5) is 11.2. The minimum Gasteiger partial charge on any atom is -0.497 e. The molecule has 2 N–H and O–H groups in total. The van der Waals surface area contributed by atoms with E-state index in [1.807, 2.05) is 37.3 Å². The van der Waals surface area contributed by atoms with Crippen molar-refractivity contribution in [2.24, 2.45) is 0 Å². The van der Waals surface area contributed by atoms with Gasteiger partial charge in [0, 0.05) is 16.5 Å². The topological polar surface area (TPSA) is 88.7 Å². The van der Waals surface area contributed by atoms with Gasteiger partial charge in [0.25, 0.3) is 0 Å². The Morgan fingerprint density at radius 1 is 0.774 bits per heavy atom. The van der Waals surface area contributed by atoms with Crippen molar-refractivity contribution in [2.75, 3.05) is 34.2 Å². The zero-order valence-corrected chi connectivity index (χ0v) is 18.8. The molecule has 0 saturated carbocycles. The molecule has 0 aliphatic carbocycles. The SMILES string of the molecule is COc1cc(OC)cc(-c2nc(N)c3c(C)c(-c4ccc(OC)c(OC)c4)sc3n2)c1. The van der Waals surface area contributed by atoms with Crippen molar-refractivity contribution in [1.82, 2.24) is 9.97 Å². The highest BCUT2D eigenvalue weighted by Gasteiger charge is 2.18. The monoisotopic (exact) mass is 437 g/mol. The Balaban J connectivity index is 1.87. The number of benzene rings is 2. The lowest BCUT2D eigenvalue weighted by Gasteiger charge is -2.09. The summed E-state index contributed by atoms with van der Waals surface area (Å²) >= 11 is 1.56. The van der Waals surface area contributed by atoms with E-state index in [1.54, 1.807) is 45.8 Å². The molecule has 0 fully saturated rings. The molecule has 0 saturated heterocycles. The maximum Gasteiger partial charge on any atom is 0.163 e. The molecule has 2 heterocycles. The van der Waals surface area contributed by atoms with Gasteiger partial charge in [0.1, 0.15) is 22.1 Å². The summed E-state index contributed by atoms with van der Waals surface area (Å²) in [7, 11) is 6.45. The third-order valence-corrected chi connectivity index (χ3v) is 6.31. The molecule has 0 radical (unpaired) electrons. The summed E-state index contributed by atoms with van der Waals surface area (Å²) in [6, 6.07) is 11.4. The van der Waals surface area contributed by atoms with Crippen molar-refractivity contribution in [3.05, 3.63) is 42.0 Å². The molecule has 8 heteroatoms. The first-order valence-electron chi connectivity index (χ1n) is 9.51. The Morgan fingerprint density at radius 2 is 1.45 bits per heavy atom. The molecule has 0 aliphatic heterocycles. The van der Waals surface area contributed by atoms with Crippen LogP contribution in [0.15, 0.2) is 36.4 Å². The first-order valence-corrected chi connectivity index (χ1v) is 10.3. The first kappa shape index (κ1) is 20.7. The maximum absolute atomic E-state index is 6.38. The summed E-state index contributed by atoms with van der Waals surface area (Å²) in [5.74, 6) is 3.61. The third-order valence-electron chi connectivity index (χ3n) is 5.07. The van der Waals surface area contributed by atoms with Crippen LogP contribution in [-0.4, -0.2) is 38.4 Å². The van der Waals surface area contributed by atoms with Gasteiger partial charge in [-0.05, 0) is 48.4 Å². The van der Waals surface area contributed by atoms with E-state index in [1.165, 1.54) is 0 Å². The highest BCUT2D eigenvalue weighted by atomic mass is 32.1. The normalized spacial score (nSPS) is 10.9. The van der Waals surface area contributed by atoms with E-state index >= 15 is 0 Å². The molecule has 0 bridgehead atoms. The number of ether oxygens (including phenoxy) is 4. The Morgan fingerprint density at radius 3 is 2.06 bits per heavy atom. The second-order valence-corrected chi connectivity index (χ2v) is 7.84. The van der Waals surface area contributed by atoms with Crippen LogP contribution in [-0.2, 0) is 0 Å². The number of hydrogen-bond acceptors (Lipinski definition) is 8. The summed E-state index contributed by atoms with van der Waals surface area (Å²) < 4.78 is 21.6. The summed E-state index contributed by atoms with van der Waals surface area (Å²) in [5.41, 5.74) is 9.17. The van der Waals surface area contributed by atoms with Crippen molar-refractivity contribution < 1.29 is 18.9 Å². The maximum atomic E-state index is 6.38. The molecule has 0 spiro atoms. The van der Waals surface area contributed by atoms with E-state index in [-0.39, 0.29) is 0 Å². The minimum absolute atomic E-state index is 0.433. The molecule has 0 aliphatic rings. The number of nitrogens with two attached hydrogens (primary N) is 1. The molecule has 0 atom stereocenters. The van der Waals surface area contributed by atoms with Gasteiger partial charge in [-0.3, -0.25) is 0 Å². The molecule has 0 amide bonds. The molecule has 0 unspecified atom stereocenters. The van der Waals surface area contributed by atoms with Gasteiger partial charge in [0.05, 0.1) is 33.8 Å². The van der Waals surface area contributed by atoms with Gasteiger partial charge in [0.15, 0.2) is 17.3 Å². The van der Waals surface area contributed by atoms with Gasteiger partial charge < -0.3 is 24.7 Å². The minimum atomic E-state index is 0.433. The number of aromatic nitrogens is 2. The van der Waals surface area contributed by atoms with E-state index in [4.69, 9.17) is 29.7 Å². The molecule has 2 aromatic heterocycles. The van der Waals surface area contributed by atoms with Crippen LogP contribution in [0.25, 0.3) is 32.0 Å². The van der Waals surface area contributed by atoms with Crippen LogP contribution in [0.5, 0.6) is 23.0 Å². The number of nitrogens with zero attached hydrogens (tertiary/aromatic N) is 2. The molecule has 4 aromatic rings. The van der Waals surface area contributed by atoms with Crippen LogP contribution in [0.4, 0.5) is 5.82 Å². The molecular weight excluding hydrogens is 414 g/mol. The van der Waals surface area contributed by atoms with Crippen molar-refractivity contribution in [2.45, 2.75) is 6.92 Å². The van der Waals surface area contributed by atoms with Crippen molar-refractivity contribution in [1.29, 1.82) is 0 Å². The lowest BCUT2D eigenvalue weighted by Crippen LogP contribution is -1.98. The van der Waals surface area contributed by atoms with Crippen LogP contribution in [0.2, 0.25) is 0 Å². The average molecular weight is 438 g/mol. The van der Waals surface area contributed by atoms with E-state index in [2.05, 4.69) is 4.98 Å². The lowest BCUT2D eigenvalue weighted by molar-refractivity contribution is 0.355. The van der Waals surface area contributed by atoms with Gasteiger partial charge in [-0.1, -0.05) is 0 Å². The highest BCUT2D eigenvalue weighted by Crippen LogP contribution is 2.42. The number of hydrogen-bond donors (Lipinski definition) is 1. The third kappa shape index (κ3) is 3.70. The van der Waals surface area contributed by atoms with E-state index in [0.29, 0.717) is 34.6 Å². The van der Waals surface area contributed by atoms with Gasteiger partial charge in [-0.15, -0.1) is 11.3 Å². The van der Waals surface area contributed by atoms with E-state index in [9.17, 15) is 0 Å². The molecule has 7 nitrogen and oxygen atoms in total. The van der Waals surface area contributed by atoms with E-state index < -0.39 is 0 Å². The first-order chi connectivity index (χ1) is 15.0. The Labute approximate surface area is 184 Å². The van der Waals surface area contributed by atoms with E-state index in [0.717, 1.165) is 31.8 Å². The van der Waals surface area contributed by atoms with Crippen LogP contribution < -0.4 is 24.7 Å². The van der Waals surface area contributed by atoms with Crippen molar-refractivity contribution in [3.8, 4) is 44.8 Å². The number of methoxy groups -OCH3 is 4. The fourth-order valence-electron chi connectivity index (χ4n) is 3.49. The second kappa shape index (κ2) is 8.31. The van der Waals surface area contributed by atoms with Crippen molar-refractivity contribution >= 4 is 27.4 Å². The summed E-state index contributed by atoms with van der Waals surface area (Å²) in [6.45, 7) is 2.03. The number of nitrogen functional groups attached to an aromatic ring is 1. The Kier molecular flexibility index (Phi) is 5.56. The summed E-state index contributed by atoms with van der Waals surface area (Å²) in [6.07, 6.45) is 0. The van der Waals surface area contributed by atoms with Gasteiger partial charge in [0.2, 0.25) is 0 Å². The fraction of sp³-hybridized carbons (Fsp3) is 0.217.